The molecule has 4 nitrogen and oxygen atoms in total. The number of hydrogen-bond acceptors (Lipinski definition) is 4. The average molecular weight is 176 g/mol. The molecule has 0 aliphatic carbocycles. The van der Waals surface area contributed by atoms with Gasteiger partial charge in [0.2, 0.25) is 0 Å². The maximum absolute atomic E-state index is 9.31. The van der Waals surface area contributed by atoms with Gasteiger partial charge < -0.3 is 19.7 Å². The van der Waals surface area contributed by atoms with Gasteiger partial charge in [-0.05, 0) is 13.3 Å². The lowest BCUT2D eigenvalue weighted by Crippen LogP contribution is -2.42. The lowest BCUT2D eigenvalue weighted by atomic mass is 10.1. The van der Waals surface area contributed by atoms with Crippen molar-refractivity contribution in [1.82, 2.24) is 0 Å². The van der Waals surface area contributed by atoms with Crippen molar-refractivity contribution in [2.75, 3.05) is 13.2 Å². The Bertz CT molecular complexity index is 128. The fraction of sp³-hybridized carbons (Fsp3) is 1.00. The van der Waals surface area contributed by atoms with Gasteiger partial charge in [0.05, 0.1) is 12.7 Å². The van der Waals surface area contributed by atoms with Crippen LogP contribution in [0, 0.1) is 0 Å². The van der Waals surface area contributed by atoms with Gasteiger partial charge in [-0.15, -0.1) is 0 Å². The molecule has 1 saturated heterocycles. The van der Waals surface area contributed by atoms with E-state index in [-0.39, 0.29) is 12.9 Å². The average Bonchev–Trinajstić information content (AvgIpc) is 2.09. The Hall–Kier alpha value is -0.160. The van der Waals surface area contributed by atoms with Gasteiger partial charge in [0, 0.05) is 13.0 Å². The van der Waals surface area contributed by atoms with Crippen molar-refractivity contribution in [2.45, 2.75) is 38.3 Å². The van der Waals surface area contributed by atoms with E-state index in [0.29, 0.717) is 19.4 Å². The Labute approximate surface area is 72.1 Å². The molecule has 4 heteroatoms. The van der Waals surface area contributed by atoms with Crippen molar-refractivity contribution >= 4 is 0 Å². The highest BCUT2D eigenvalue weighted by Gasteiger charge is 2.29. The van der Waals surface area contributed by atoms with Crippen LogP contribution in [0.25, 0.3) is 0 Å². The summed E-state index contributed by atoms with van der Waals surface area (Å²) in [5.41, 5.74) is 0. The molecule has 0 radical (unpaired) electrons. The predicted octanol–water partition coefficient (Wildman–Crippen LogP) is -0.119. The molecule has 1 aliphatic heterocycles. The molecule has 0 bridgehead atoms. The van der Waals surface area contributed by atoms with Gasteiger partial charge in [-0.1, -0.05) is 0 Å². The summed E-state index contributed by atoms with van der Waals surface area (Å²) < 4.78 is 10.5. The molecule has 1 aliphatic rings. The molecular formula is C8H16O4. The van der Waals surface area contributed by atoms with Crippen LogP contribution in [0.2, 0.25) is 0 Å². The Morgan fingerprint density at radius 3 is 2.83 bits per heavy atom. The van der Waals surface area contributed by atoms with Crippen LogP contribution in [0.3, 0.4) is 0 Å². The maximum Gasteiger partial charge on any atom is 0.158 e. The minimum atomic E-state index is -0.549. The summed E-state index contributed by atoms with van der Waals surface area (Å²) in [4.78, 5) is 0. The highest BCUT2D eigenvalue weighted by molar-refractivity contribution is 4.74. The Kier molecular flexibility index (Phi) is 3.94. The van der Waals surface area contributed by atoms with E-state index in [1.165, 1.54) is 0 Å². The third-order valence-corrected chi connectivity index (χ3v) is 1.99. The van der Waals surface area contributed by atoms with Crippen molar-refractivity contribution in [3.8, 4) is 0 Å². The predicted molar refractivity (Wildman–Crippen MR) is 42.6 cm³/mol. The molecule has 0 aromatic carbocycles. The zero-order valence-corrected chi connectivity index (χ0v) is 7.27. The summed E-state index contributed by atoms with van der Waals surface area (Å²) in [6.07, 6.45) is 0.0547. The lowest BCUT2D eigenvalue weighted by molar-refractivity contribution is -0.227. The maximum atomic E-state index is 9.31. The minimum absolute atomic E-state index is 0.148. The molecule has 0 aromatic heterocycles. The standard InChI is InChI=1S/C8H16O4/c1-2-11-8-4-3-6(10)7(5-9)12-8/h6-10H,2-5H2,1H3. The first-order valence-electron chi connectivity index (χ1n) is 4.34. The van der Waals surface area contributed by atoms with Crippen LogP contribution < -0.4 is 0 Å². The van der Waals surface area contributed by atoms with Crippen molar-refractivity contribution in [3.05, 3.63) is 0 Å². The molecular weight excluding hydrogens is 160 g/mol. The Morgan fingerprint density at radius 1 is 1.50 bits per heavy atom. The smallest absolute Gasteiger partial charge is 0.158 e. The molecule has 0 saturated carbocycles. The van der Waals surface area contributed by atoms with Crippen LogP contribution in [0.4, 0.5) is 0 Å². The van der Waals surface area contributed by atoms with Crippen LogP contribution in [-0.2, 0) is 9.47 Å². The molecule has 1 rings (SSSR count). The third kappa shape index (κ3) is 2.42. The van der Waals surface area contributed by atoms with Crippen LogP contribution in [0.5, 0.6) is 0 Å². The largest absolute Gasteiger partial charge is 0.394 e. The zero-order valence-electron chi connectivity index (χ0n) is 7.27. The number of rotatable bonds is 3. The highest BCUT2D eigenvalue weighted by atomic mass is 16.7. The molecule has 0 aromatic rings. The van der Waals surface area contributed by atoms with Crippen molar-refractivity contribution in [1.29, 1.82) is 0 Å². The molecule has 1 fully saturated rings. The number of hydrogen-bond donors (Lipinski definition) is 2. The summed E-state index contributed by atoms with van der Waals surface area (Å²) in [6.45, 7) is 2.34. The molecule has 3 unspecified atom stereocenters. The molecule has 0 amide bonds. The monoisotopic (exact) mass is 176 g/mol. The van der Waals surface area contributed by atoms with Gasteiger partial charge in [-0.2, -0.15) is 0 Å². The summed E-state index contributed by atoms with van der Waals surface area (Å²) >= 11 is 0. The molecule has 12 heavy (non-hydrogen) atoms. The molecule has 3 atom stereocenters. The second-order valence-electron chi connectivity index (χ2n) is 2.89. The van der Waals surface area contributed by atoms with Gasteiger partial charge in [-0.3, -0.25) is 0 Å². The summed E-state index contributed by atoms with van der Waals surface area (Å²) in [5.74, 6) is 0. The summed E-state index contributed by atoms with van der Waals surface area (Å²) in [6, 6.07) is 0. The SMILES string of the molecule is CCOC1CCC(O)C(CO)O1. The zero-order chi connectivity index (χ0) is 8.97. The van der Waals surface area contributed by atoms with E-state index in [1.54, 1.807) is 0 Å². The van der Waals surface area contributed by atoms with Crippen molar-refractivity contribution < 1.29 is 19.7 Å². The van der Waals surface area contributed by atoms with Gasteiger partial charge in [0.15, 0.2) is 6.29 Å². The first-order chi connectivity index (χ1) is 5.77. The Morgan fingerprint density at radius 2 is 2.25 bits per heavy atom. The van der Waals surface area contributed by atoms with Crippen LogP contribution in [0.15, 0.2) is 0 Å². The molecule has 0 spiro atoms. The first-order valence-corrected chi connectivity index (χ1v) is 4.34. The van der Waals surface area contributed by atoms with E-state index < -0.39 is 12.2 Å². The second kappa shape index (κ2) is 4.77. The van der Waals surface area contributed by atoms with Gasteiger partial charge in [0.1, 0.15) is 6.10 Å². The molecule has 1 heterocycles. The van der Waals surface area contributed by atoms with Gasteiger partial charge in [0.25, 0.3) is 0 Å². The first kappa shape index (κ1) is 9.92. The van der Waals surface area contributed by atoms with Crippen molar-refractivity contribution in [2.24, 2.45) is 0 Å². The van der Waals surface area contributed by atoms with E-state index in [2.05, 4.69) is 0 Å². The van der Waals surface area contributed by atoms with Crippen molar-refractivity contribution in [3.63, 3.8) is 0 Å². The Balaban J connectivity index is 2.33. The lowest BCUT2D eigenvalue weighted by Gasteiger charge is -2.32. The fourth-order valence-electron chi connectivity index (χ4n) is 1.32. The van der Waals surface area contributed by atoms with Crippen LogP contribution >= 0.6 is 0 Å². The number of ether oxygens (including phenoxy) is 2. The second-order valence-corrected chi connectivity index (χ2v) is 2.89. The van der Waals surface area contributed by atoms with E-state index in [1.807, 2.05) is 6.92 Å². The van der Waals surface area contributed by atoms with Crippen LogP contribution in [-0.4, -0.2) is 41.9 Å². The number of aliphatic hydroxyl groups is 2. The van der Waals surface area contributed by atoms with E-state index in [4.69, 9.17) is 14.6 Å². The van der Waals surface area contributed by atoms with E-state index in [9.17, 15) is 5.11 Å². The van der Waals surface area contributed by atoms with Crippen LogP contribution in [0.1, 0.15) is 19.8 Å². The summed E-state index contributed by atoms with van der Waals surface area (Å²) in [7, 11) is 0. The summed E-state index contributed by atoms with van der Waals surface area (Å²) in [5, 5.41) is 18.1. The van der Waals surface area contributed by atoms with E-state index in [0.717, 1.165) is 0 Å². The van der Waals surface area contributed by atoms with E-state index >= 15 is 0 Å². The number of aliphatic hydroxyl groups excluding tert-OH is 2. The molecule has 72 valence electrons. The molecule has 2 N–H and O–H groups in total. The van der Waals surface area contributed by atoms with Gasteiger partial charge in [-0.25, -0.2) is 0 Å². The van der Waals surface area contributed by atoms with Gasteiger partial charge >= 0.3 is 0 Å². The topological polar surface area (TPSA) is 58.9 Å². The quantitative estimate of drug-likeness (QED) is 0.629. The third-order valence-electron chi connectivity index (χ3n) is 1.99. The minimum Gasteiger partial charge on any atom is -0.394 e. The fourth-order valence-corrected chi connectivity index (χ4v) is 1.32. The normalized spacial score (nSPS) is 36.8. The highest BCUT2D eigenvalue weighted by Crippen LogP contribution is 2.19.